The topological polar surface area (TPSA) is 19.0 Å². The zero-order chi connectivity index (χ0) is 30.9. The number of H-pyrrole nitrogens is 1. The number of hydrogen-bond acceptors (Lipinski definition) is 2. The van der Waals surface area contributed by atoms with Gasteiger partial charge in [-0.05, 0) is 82.1 Å². The molecule has 10 rings (SSSR count). The lowest BCUT2D eigenvalue weighted by Crippen LogP contribution is -2.11. The number of aromatic nitrogens is 1. The Hall–Kier alpha value is -5.90. The smallest absolute Gasteiger partial charge is 0.0652 e. The van der Waals surface area contributed by atoms with Gasteiger partial charge in [0.05, 0.1) is 15.9 Å². The van der Waals surface area contributed by atoms with E-state index in [9.17, 15) is 0 Å². The molecule has 3 heteroatoms. The van der Waals surface area contributed by atoms with Crippen molar-refractivity contribution in [1.82, 2.24) is 4.98 Å². The number of nitrogens with one attached hydrogen (secondary N) is 1. The highest BCUT2D eigenvalue weighted by molar-refractivity contribution is 7.26. The number of hydrogen-bond donors (Lipinski definition) is 1. The maximum atomic E-state index is 3.90. The summed E-state index contributed by atoms with van der Waals surface area (Å²) < 4.78 is 2.66. The molecule has 0 fully saturated rings. The molecule has 0 aliphatic heterocycles. The quantitative estimate of drug-likeness (QED) is 0.191. The van der Waals surface area contributed by atoms with E-state index in [4.69, 9.17) is 0 Å². The molecule has 0 aliphatic carbocycles. The van der Waals surface area contributed by atoms with Gasteiger partial charge in [-0.3, -0.25) is 0 Å². The second-order valence-corrected chi connectivity index (χ2v) is 13.3. The zero-order valence-electron chi connectivity index (χ0n) is 25.4. The summed E-state index contributed by atoms with van der Waals surface area (Å²) >= 11 is 1.88. The maximum Gasteiger partial charge on any atom is 0.0652 e. The average Bonchev–Trinajstić information content (AvgIpc) is 3.71. The van der Waals surface area contributed by atoms with E-state index in [-0.39, 0.29) is 0 Å². The van der Waals surface area contributed by atoms with E-state index in [2.05, 4.69) is 174 Å². The van der Waals surface area contributed by atoms with Gasteiger partial charge in [0, 0.05) is 48.7 Å². The summed E-state index contributed by atoms with van der Waals surface area (Å²) in [4.78, 5) is 6.28. The molecule has 0 saturated carbocycles. The van der Waals surface area contributed by atoms with Gasteiger partial charge < -0.3 is 9.88 Å². The number of para-hydroxylation sites is 2. The van der Waals surface area contributed by atoms with Gasteiger partial charge in [0.1, 0.15) is 0 Å². The summed E-state index contributed by atoms with van der Waals surface area (Å²) in [6.45, 7) is 0. The van der Waals surface area contributed by atoms with Gasteiger partial charge in [0.15, 0.2) is 0 Å². The van der Waals surface area contributed by atoms with Gasteiger partial charge in [-0.15, -0.1) is 11.3 Å². The lowest BCUT2D eigenvalue weighted by atomic mass is 9.95. The molecule has 0 bridgehead atoms. The van der Waals surface area contributed by atoms with E-state index >= 15 is 0 Å². The maximum absolute atomic E-state index is 3.90. The Kier molecular flexibility index (Phi) is 5.78. The largest absolute Gasteiger partial charge is 0.353 e. The molecule has 10 aromatic rings. The van der Waals surface area contributed by atoms with E-state index in [0.717, 1.165) is 17.1 Å². The van der Waals surface area contributed by atoms with Crippen molar-refractivity contribution in [2.24, 2.45) is 0 Å². The Bertz CT molecular complexity index is 2720. The van der Waals surface area contributed by atoms with Crippen LogP contribution in [0.1, 0.15) is 0 Å². The Morgan fingerprint density at radius 1 is 0.468 bits per heavy atom. The van der Waals surface area contributed by atoms with Crippen molar-refractivity contribution < 1.29 is 0 Å². The highest BCUT2D eigenvalue weighted by Crippen LogP contribution is 2.47. The van der Waals surface area contributed by atoms with Crippen molar-refractivity contribution in [2.45, 2.75) is 0 Å². The van der Waals surface area contributed by atoms with Crippen LogP contribution in [0.25, 0.3) is 75.0 Å². The number of nitrogens with zero attached hydrogens (tertiary/aromatic N) is 1. The van der Waals surface area contributed by atoms with Gasteiger partial charge in [-0.2, -0.15) is 0 Å². The van der Waals surface area contributed by atoms with Crippen molar-refractivity contribution in [3.8, 4) is 22.3 Å². The summed E-state index contributed by atoms with van der Waals surface area (Å²) in [7, 11) is 0. The summed E-state index contributed by atoms with van der Waals surface area (Å²) in [6.07, 6.45) is 0. The summed E-state index contributed by atoms with van der Waals surface area (Å²) in [5.41, 5.74) is 10.6. The van der Waals surface area contributed by atoms with E-state index in [1.807, 2.05) is 11.3 Å². The van der Waals surface area contributed by atoms with Gasteiger partial charge >= 0.3 is 0 Å². The van der Waals surface area contributed by atoms with Crippen molar-refractivity contribution in [1.29, 1.82) is 0 Å². The molecule has 8 aromatic carbocycles. The Morgan fingerprint density at radius 2 is 1.13 bits per heavy atom. The van der Waals surface area contributed by atoms with Crippen LogP contribution in [0.3, 0.4) is 0 Å². The summed E-state index contributed by atoms with van der Waals surface area (Å²) in [6, 6.07) is 59.4. The van der Waals surface area contributed by atoms with E-state index in [1.165, 1.54) is 75.0 Å². The standard InChI is InChI=1S/C44H28N2S/c1-3-11-28(12-4-1)29-21-23-34(24-22-29)46(33-13-5-2-6-14-33)39-17-9-7-15-35(39)32-25-30-19-20-31-26-37-36-16-8-10-18-40(36)47-44(37)43-42(31)41(30)38(27-32)45-43/h1-27,45H. The molecular formula is C44H28N2S. The van der Waals surface area contributed by atoms with Crippen LogP contribution in [0, 0.1) is 0 Å². The van der Waals surface area contributed by atoms with Crippen LogP contribution in [0.5, 0.6) is 0 Å². The molecule has 220 valence electrons. The average molecular weight is 617 g/mol. The molecule has 2 heterocycles. The van der Waals surface area contributed by atoms with Crippen LogP contribution in [0.15, 0.2) is 164 Å². The van der Waals surface area contributed by atoms with Crippen LogP contribution in [-0.4, -0.2) is 4.98 Å². The zero-order valence-corrected chi connectivity index (χ0v) is 26.3. The molecule has 2 nitrogen and oxygen atoms in total. The SMILES string of the molecule is c1ccc(-c2ccc(N(c3ccccc3)c3ccccc3-c3cc4ccc5cc6c7ccccc7sc6c6[nH]c(c3)c4c56)cc2)cc1. The molecule has 0 spiro atoms. The van der Waals surface area contributed by atoms with Crippen molar-refractivity contribution >= 4 is 81.1 Å². The number of fused-ring (bicyclic) bond motifs is 4. The minimum Gasteiger partial charge on any atom is -0.353 e. The third-order valence-corrected chi connectivity index (χ3v) is 10.7. The fourth-order valence-electron chi connectivity index (χ4n) is 7.39. The number of anilines is 3. The van der Waals surface area contributed by atoms with Crippen molar-refractivity contribution in [3.05, 3.63) is 164 Å². The molecule has 0 atom stereocenters. The van der Waals surface area contributed by atoms with E-state index < -0.39 is 0 Å². The first-order valence-electron chi connectivity index (χ1n) is 16.0. The summed E-state index contributed by atoms with van der Waals surface area (Å²) in [5.74, 6) is 0. The predicted octanol–water partition coefficient (Wildman–Crippen LogP) is 13.1. The van der Waals surface area contributed by atoms with E-state index in [0.29, 0.717) is 0 Å². The third kappa shape index (κ3) is 4.10. The molecular weight excluding hydrogens is 589 g/mol. The first-order chi connectivity index (χ1) is 23.3. The molecule has 1 N–H and O–H groups in total. The van der Waals surface area contributed by atoms with Crippen LogP contribution < -0.4 is 4.90 Å². The lowest BCUT2D eigenvalue weighted by molar-refractivity contribution is 1.28. The van der Waals surface area contributed by atoms with Gasteiger partial charge in [0.25, 0.3) is 0 Å². The van der Waals surface area contributed by atoms with Crippen molar-refractivity contribution in [3.63, 3.8) is 0 Å². The first-order valence-corrected chi connectivity index (χ1v) is 16.8. The minimum absolute atomic E-state index is 1.12. The predicted molar refractivity (Wildman–Crippen MR) is 203 cm³/mol. The fraction of sp³-hybridized carbons (Fsp3) is 0. The molecule has 0 amide bonds. The molecule has 0 aliphatic rings. The second-order valence-electron chi connectivity index (χ2n) is 12.2. The normalized spacial score (nSPS) is 11.8. The number of thiophene rings is 1. The fourth-order valence-corrected chi connectivity index (χ4v) is 8.58. The van der Waals surface area contributed by atoms with Gasteiger partial charge in [0.2, 0.25) is 0 Å². The number of benzene rings is 8. The monoisotopic (exact) mass is 616 g/mol. The van der Waals surface area contributed by atoms with Crippen LogP contribution >= 0.6 is 11.3 Å². The Morgan fingerprint density at radius 3 is 1.96 bits per heavy atom. The van der Waals surface area contributed by atoms with Crippen LogP contribution in [0.4, 0.5) is 17.1 Å². The van der Waals surface area contributed by atoms with E-state index in [1.54, 1.807) is 0 Å². The molecule has 0 unspecified atom stereocenters. The molecule has 47 heavy (non-hydrogen) atoms. The number of rotatable bonds is 5. The molecule has 0 radical (unpaired) electrons. The van der Waals surface area contributed by atoms with Gasteiger partial charge in [-0.1, -0.05) is 109 Å². The Labute approximate surface area is 276 Å². The van der Waals surface area contributed by atoms with Gasteiger partial charge in [-0.25, -0.2) is 0 Å². The summed E-state index contributed by atoms with van der Waals surface area (Å²) in [5, 5.41) is 7.85. The highest BCUT2D eigenvalue weighted by Gasteiger charge is 2.21. The van der Waals surface area contributed by atoms with Crippen LogP contribution in [-0.2, 0) is 0 Å². The molecule has 0 saturated heterocycles. The first kappa shape index (κ1) is 26.3. The minimum atomic E-state index is 1.12. The van der Waals surface area contributed by atoms with Crippen LogP contribution in [0.2, 0.25) is 0 Å². The second kappa shape index (κ2) is 10.3. The highest BCUT2D eigenvalue weighted by atomic mass is 32.1. The van der Waals surface area contributed by atoms with Crippen molar-refractivity contribution in [2.75, 3.05) is 4.90 Å². The third-order valence-electron chi connectivity index (χ3n) is 9.52. The Balaban J connectivity index is 1.17. The number of aromatic amines is 1. The molecule has 2 aromatic heterocycles. The lowest BCUT2D eigenvalue weighted by Gasteiger charge is -2.28.